The summed E-state index contributed by atoms with van der Waals surface area (Å²) in [5, 5.41) is 10.2. The van der Waals surface area contributed by atoms with Crippen molar-refractivity contribution in [2.45, 2.75) is 24.9 Å². The molecule has 2 aromatic rings. The fourth-order valence-electron chi connectivity index (χ4n) is 2.12. The van der Waals surface area contributed by atoms with Crippen molar-refractivity contribution >= 4 is 12.4 Å². The Bertz CT molecular complexity index is 608. The van der Waals surface area contributed by atoms with Gasteiger partial charge in [0.15, 0.2) is 0 Å². The summed E-state index contributed by atoms with van der Waals surface area (Å²) in [5.41, 5.74) is 7.21. The molecule has 0 saturated heterocycles. The van der Waals surface area contributed by atoms with Crippen LogP contribution in [-0.4, -0.2) is 17.6 Å². The summed E-state index contributed by atoms with van der Waals surface area (Å²) < 4.78 is 40.5. The molecule has 7 heteroatoms. The van der Waals surface area contributed by atoms with Crippen LogP contribution in [0.3, 0.4) is 0 Å². The third-order valence-electron chi connectivity index (χ3n) is 3.18. The number of ether oxygens (including phenoxy) is 1. The summed E-state index contributed by atoms with van der Waals surface area (Å²) in [6.07, 6.45) is -5.36. The molecule has 2 atom stereocenters. The van der Waals surface area contributed by atoms with E-state index in [1.165, 1.54) is 18.2 Å². The van der Waals surface area contributed by atoms with Crippen molar-refractivity contribution in [3.8, 4) is 5.75 Å². The molecule has 0 saturated carbocycles. The van der Waals surface area contributed by atoms with Crippen molar-refractivity contribution in [2.75, 3.05) is 0 Å². The number of aliphatic hydroxyl groups excluding tert-OH is 1. The average Bonchev–Trinajstić information content (AvgIpc) is 2.46. The smallest absolute Gasteiger partial charge is 0.406 e. The highest BCUT2D eigenvalue weighted by atomic mass is 35.5. The molecule has 126 valence electrons. The maximum atomic E-state index is 12.2. The standard InChI is InChI=1S/C16H16F3NO2.ClH/c17-16(18,19)22-13-8-4-7-12(10-13)15(20)14(21)9-11-5-2-1-3-6-11;/h1-8,10,14-15,21H,9,20H2;1H/t14-,15+;/m1./s1. The first-order valence-corrected chi connectivity index (χ1v) is 6.68. The first-order valence-electron chi connectivity index (χ1n) is 6.68. The van der Waals surface area contributed by atoms with Crippen LogP contribution in [-0.2, 0) is 6.42 Å². The zero-order valence-electron chi connectivity index (χ0n) is 12.0. The molecule has 0 fully saturated rings. The van der Waals surface area contributed by atoms with Crippen molar-refractivity contribution < 1.29 is 23.0 Å². The van der Waals surface area contributed by atoms with Gasteiger partial charge >= 0.3 is 6.36 Å². The first kappa shape index (κ1) is 19.3. The number of rotatable bonds is 5. The van der Waals surface area contributed by atoms with Gasteiger partial charge in [0.1, 0.15) is 5.75 Å². The van der Waals surface area contributed by atoms with Crippen LogP contribution in [0.1, 0.15) is 17.2 Å². The Morgan fingerprint density at radius 1 is 1.04 bits per heavy atom. The number of alkyl halides is 3. The van der Waals surface area contributed by atoms with E-state index in [-0.39, 0.29) is 18.2 Å². The normalized spacial score (nSPS) is 13.8. The van der Waals surface area contributed by atoms with E-state index in [1.54, 1.807) is 6.07 Å². The quantitative estimate of drug-likeness (QED) is 0.868. The van der Waals surface area contributed by atoms with Gasteiger partial charge in [-0.05, 0) is 23.3 Å². The Labute approximate surface area is 138 Å². The summed E-state index contributed by atoms with van der Waals surface area (Å²) >= 11 is 0. The van der Waals surface area contributed by atoms with Crippen molar-refractivity contribution in [3.63, 3.8) is 0 Å². The van der Waals surface area contributed by atoms with Crippen LogP contribution in [0.4, 0.5) is 13.2 Å². The zero-order valence-corrected chi connectivity index (χ0v) is 12.8. The van der Waals surface area contributed by atoms with Gasteiger partial charge in [-0.1, -0.05) is 42.5 Å². The van der Waals surface area contributed by atoms with Crippen molar-refractivity contribution in [1.82, 2.24) is 0 Å². The fourth-order valence-corrected chi connectivity index (χ4v) is 2.12. The number of benzene rings is 2. The van der Waals surface area contributed by atoms with Crippen LogP contribution >= 0.6 is 12.4 Å². The molecule has 0 unspecified atom stereocenters. The van der Waals surface area contributed by atoms with E-state index in [4.69, 9.17) is 5.73 Å². The van der Waals surface area contributed by atoms with Crippen molar-refractivity contribution in [1.29, 1.82) is 0 Å². The van der Waals surface area contributed by atoms with Gasteiger partial charge in [0.05, 0.1) is 12.1 Å². The summed E-state index contributed by atoms with van der Waals surface area (Å²) in [7, 11) is 0. The van der Waals surface area contributed by atoms with E-state index in [0.717, 1.165) is 5.56 Å². The summed E-state index contributed by atoms with van der Waals surface area (Å²) in [6, 6.07) is 13.8. The second-order valence-corrected chi connectivity index (χ2v) is 4.90. The SMILES string of the molecule is Cl.N[C@@H](c1cccc(OC(F)(F)F)c1)[C@H](O)Cc1ccccc1. The molecule has 3 N–H and O–H groups in total. The first-order chi connectivity index (χ1) is 10.3. The maximum absolute atomic E-state index is 12.2. The van der Waals surface area contributed by atoms with E-state index in [2.05, 4.69) is 4.74 Å². The topological polar surface area (TPSA) is 55.5 Å². The lowest BCUT2D eigenvalue weighted by Crippen LogP contribution is -2.28. The minimum absolute atomic E-state index is 0. The Morgan fingerprint density at radius 3 is 2.30 bits per heavy atom. The van der Waals surface area contributed by atoms with Gasteiger partial charge in [-0.15, -0.1) is 25.6 Å². The van der Waals surface area contributed by atoms with E-state index < -0.39 is 18.5 Å². The van der Waals surface area contributed by atoms with Crippen LogP contribution < -0.4 is 10.5 Å². The number of hydrogen-bond donors (Lipinski definition) is 2. The Balaban J connectivity index is 0.00000264. The van der Waals surface area contributed by atoms with E-state index >= 15 is 0 Å². The Kier molecular flexibility index (Phi) is 6.87. The Morgan fingerprint density at radius 2 is 1.70 bits per heavy atom. The molecule has 2 rings (SSSR count). The molecule has 0 aromatic heterocycles. The van der Waals surface area contributed by atoms with Gasteiger partial charge in [-0.25, -0.2) is 0 Å². The second-order valence-electron chi connectivity index (χ2n) is 4.90. The van der Waals surface area contributed by atoms with Crippen molar-refractivity contribution in [3.05, 3.63) is 65.7 Å². The highest BCUT2D eigenvalue weighted by Gasteiger charge is 2.31. The predicted molar refractivity (Wildman–Crippen MR) is 83.5 cm³/mol. The van der Waals surface area contributed by atoms with Crippen LogP contribution in [0, 0.1) is 0 Å². The molecule has 0 radical (unpaired) electrons. The zero-order chi connectivity index (χ0) is 16.2. The molecule has 0 aliphatic rings. The third kappa shape index (κ3) is 6.09. The number of hydrogen-bond acceptors (Lipinski definition) is 3. The maximum Gasteiger partial charge on any atom is 0.573 e. The predicted octanol–water partition coefficient (Wildman–Crippen LogP) is 3.61. The average molecular weight is 348 g/mol. The van der Waals surface area contributed by atoms with Gasteiger partial charge in [-0.3, -0.25) is 0 Å². The van der Waals surface area contributed by atoms with Crippen molar-refractivity contribution in [2.24, 2.45) is 5.73 Å². The van der Waals surface area contributed by atoms with Gasteiger partial charge in [-0.2, -0.15) is 0 Å². The Hall–Kier alpha value is -1.76. The molecular formula is C16H17ClF3NO2. The molecule has 0 aliphatic carbocycles. The lowest BCUT2D eigenvalue weighted by molar-refractivity contribution is -0.274. The molecule has 0 spiro atoms. The summed E-state index contributed by atoms with van der Waals surface area (Å²) in [6.45, 7) is 0. The fraction of sp³-hybridized carbons (Fsp3) is 0.250. The number of aliphatic hydroxyl groups is 1. The highest BCUT2D eigenvalue weighted by molar-refractivity contribution is 5.85. The van der Waals surface area contributed by atoms with Crippen LogP contribution in [0.25, 0.3) is 0 Å². The minimum Gasteiger partial charge on any atom is -0.406 e. The number of halogens is 4. The molecule has 0 aliphatic heterocycles. The molecule has 0 amide bonds. The largest absolute Gasteiger partial charge is 0.573 e. The highest BCUT2D eigenvalue weighted by Crippen LogP contribution is 2.26. The molecule has 0 bridgehead atoms. The van der Waals surface area contributed by atoms with Gasteiger partial charge in [0.25, 0.3) is 0 Å². The molecule has 2 aromatic carbocycles. The lowest BCUT2D eigenvalue weighted by Gasteiger charge is -2.20. The van der Waals surface area contributed by atoms with Crippen LogP contribution in [0.15, 0.2) is 54.6 Å². The van der Waals surface area contributed by atoms with E-state index in [1.807, 2.05) is 30.3 Å². The van der Waals surface area contributed by atoms with E-state index in [9.17, 15) is 18.3 Å². The van der Waals surface area contributed by atoms with Gasteiger partial charge in [0, 0.05) is 6.42 Å². The second kappa shape index (κ2) is 8.19. The number of nitrogens with two attached hydrogens (primary N) is 1. The summed E-state index contributed by atoms with van der Waals surface area (Å²) in [4.78, 5) is 0. The minimum atomic E-state index is -4.76. The third-order valence-corrected chi connectivity index (χ3v) is 3.18. The van der Waals surface area contributed by atoms with Crippen LogP contribution in [0.5, 0.6) is 5.75 Å². The van der Waals surface area contributed by atoms with Crippen LogP contribution in [0.2, 0.25) is 0 Å². The summed E-state index contributed by atoms with van der Waals surface area (Å²) in [5.74, 6) is -0.354. The van der Waals surface area contributed by atoms with E-state index in [0.29, 0.717) is 12.0 Å². The lowest BCUT2D eigenvalue weighted by atomic mass is 9.97. The van der Waals surface area contributed by atoms with Gasteiger partial charge < -0.3 is 15.6 Å². The molecule has 0 heterocycles. The molecule has 3 nitrogen and oxygen atoms in total. The van der Waals surface area contributed by atoms with Gasteiger partial charge in [0.2, 0.25) is 0 Å². The molecular weight excluding hydrogens is 331 g/mol. The monoisotopic (exact) mass is 347 g/mol. The molecule has 23 heavy (non-hydrogen) atoms.